The summed E-state index contributed by atoms with van der Waals surface area (Å²) >= 11 is 1.67. The Kier molecular flexibility index (Phi) is 1.90. The number of nitrogens with zero attached hydrogens (tertiary/aromatic N) is 1. The molecule has 0 saturated carbocycles. The summed E-state index contributed by atoms with van der Waals surface area (Å²) in [5, 5.41) is 8.84. The maximum atomic E-state index is 8.84. The van der Waals surface area contributed by atoms with Gasteiger partial charge in [0.15, 0.2) is 17.6 Å². The fourth-order valence-electron chi connectivity index (χ4n) is 0.582. The van der Waals surface area contributed by atoms with Crippen molar-refractivity contribution in [1.82, 2.24) is 0 Å². The van der Waals surface area contributed by atoms with Gasteiger partial charge in [-0.25, -0.2) is 0 Å². The minimum absolute atomic E-state index is 0.327. The van der Waals surface area contributed by atoms with Crippen molar-refractivity contribution < 1.29 is 0 Å². The second-order valence-corrected chi connectivity index (χ2v) is 2.58. The number of rotatable bonds is 0. The molecule has 0 fully saturated rings. The van der Waals surface area contributed by atoms with Gasteiger partial charge in [-0.2, -0.15) is 5.71 Å². The molecule has 9 heavy (non-hydrogen) atoms. The van der Waals surface area contributed by atoms with Crippen LogP contribution in [-0.2, 0) is 11.4 Å². The van der Waals surface area contributed by atoms with Crippen LogP contribution in [-0.4, -0.2) is 16.8 Å². The maximum Gasteiger partial charge on any atom is 0.223 e. The largest absolute Gasteiger partial charge is 0.804 e. The van der Waals surface area contributed by atoms with Crippen molar-refractivity contribution in [3.8, 4) is 0 Å². The van der Waals surface area contributed by atoms with Crippen LogP contribution in [0, 0.1) is 0 Å². The molecule has 1 nitrogen and oxygen atoms in total. The van der Waals surface area contributed by atoms with Crippen LogP contribution in [0.4, 0.5) is 0 Å². The zero-order valence-electron chi connectivity index (χ0n) is 5.16. The van der Waals surface area contributed by atoms with Crippen LogP contribution < -0.4 is 0 Å². The van der Waals surface area contributed by atoms with E-state index in [1.165, 1.54) is 4.86 Å². The van der Waals surface area contributed by atoms with Crippen molar-refractivity contribution in [3.05, 3.63) is 29.7 Å². The van der Waals surface area contributed by atoms with Gasteiger partial charge >= 0.3 is 0 Å². The van der Waals surface area contributed by atoms with E-state index in [0.29, 0.717) is 5.71 Å². The van der Waals surface area contributed by atoms with Gasteiger partial charge in [-0.1, -0.05) is 12.2 Å². The molecule has 1 rings (SSSR count). The van der Waals surface area contributed by atoms with E-state index in [-0.39, 0.29) is 0 Å². The predicted molar refractivity (Wildman–Crippen MR) is 44.9 cm³/mol. The lowest BCUT2D eigenvalue weighted by atomic mass is 10.2. The monoisotopic (exact) mass is 137 g/mol. The van der Waals surface area contributed by atoms with E-state index in [9.17, 15) is 0 Å². The average molecular weight is 137 g/mol. The summed E-state index contributed by atoms with van der Waals surface area (Å²) in [7, 11) is 0. The molecule has 0 aromatic heterocycles. The molecule has 0 heterocycles. The van der Waals surface area contributed by atoms with Crippen LogP contribution in [0.15, 0.2) is 24.3 Å². The Morgan fingerprint density at radius 3 is 2.22 bits per heavy atom. The highest BCUT2D eigenvalue weighted by molar-refractivity contribution is 7.78. The van der Waals surface area contributed by atoms with Gasteiger partial charge in [0.1, 0.15) is 0 Å². The zero-order valence-corrected chi connectivity index (χ0v) is 5.98. The quantitative estimate of drug-likeness (QED) is 0.351. The SMILES string of the molecule is C[S+]=C1C=CC(=[N-])C=C1. The summed E-state index contributed by atoms with van der Waals surface area (Å²) in [4.78, 5) is 1.17. The summed E-state index contributed by atoms with van der Waals surface area (Å²) in [6.07, 6.45) is 9.16. The molecule has 0 radical (unpaired) electrons. The van der Waals surface area contributed by atoms with E-state index in [0.717, 1.165) is 0 Å². The highest BCUT2D eigenvalue weighted by Crippen LogP contribution is 1.93. The average Bonchev–Trinajstić information content (AvgIpc) is 1.90. The van der Waals surface area contributed by atoms with Crippen molar-refractivity contribution in [3.63, 3.8) is 0 Å². The molecule has 1 aliphatic carbocycles. The maximum absolute atomic E-state index is 8.84. The normalized spacial score (nSPS) is 16.6. The zero-order chi connectivity index (χ0) is 6.69. The van der Waals surface area contributed by atoms with Crippen molar-refractivity contribution in [1.29, 1.82) is 0 Å². The first-order valence-corrected chi connectivity index (χ1v) is 3.88. The molecule has 0 amide bonds. The summed E-state index contributed by atoms with van der Waals surface area (Å²) in [6.45, 7) is 0. The molecule has 2 heteroatoms. The van der Waals surface area contributed by atoms with E-state index < -0.39 is 0 Å². The van der Waals surface area contributed by atoms with E-state index >= 15 is 0 Å². The second kappa shape index (κ2) is 2.69. The lowest BCUT2D eigenvalue weighted by Gasteiger charge is -2.00. The van der Waals surface area contributed by atoms with E-state index in [2.05, 4.69) is 0 Å². The first kappa shape index (κ1) is 6.36. The highest BCUT2D eigenvalue weighted by atomic mass is 32.1. The van der Waals surface area contributed by atoms with E-state index in [1.54, 1.807) is 23.5 Å². The Hall–Kier alpha value is -0.760. The Morgan fingerprint density at radius 1 is 1.22 bits per heavy atom. The fourth-order valence-corrected chi connectivity index (χ4v) is 0.990. The van der Waals surface area contributed by atoms with Crippen LogP contribution in [0.2, 0.25) is 0 Å². The lowest BCUT2D eigenvalue weighted by Crippen LogP contribution is -1.98. The van der Waals surface area contributed by atoms with Crippen LogP contribution in [0.25, 0.3) is 5.41 Å². The number of allylic oxidation sites excluding steroid dienone is 4. The summed E-state index contributed by atoms with van der Waals surface area (Å²) in [6, 6.07) is 0. The molecule has 0 unspecified atom stereocenters. The summed E-state index contributed by atoms with van der Waals surface area (Å²) in [5.41, 5.74) is 0.327. The number of hydrogen-bond donors (Lipinski definition) is 0. The molecule has 0 N–H and O–H groups in total. The Labute approximate surface area is 58.6 Å². The van der Waals surface area contributed by atoms with Crippen LogP contribution >= 0.6 is 0 Å². The van der Waals surface area contributed by atoms with Crippen molar-refractivity contribution >= 4 is 21.9 Å². The van der Waals surface area contributed by atoms with Gasteiger partial charge in [-0.05, 0) is 0 Å². The Morgan fingerprint density at radius 2 is 1.78 bits per heavy atom. The van der Waals surface area contributed by atoms with Gasteiger partial charge in [0.05, 0.1) is 0 Å². The van der Waals surface area contributed by atoms with Crippen LogP contribution in [0.1, 0.15) is 0 Å². The standard InChI is InChI=1S/C7H7NS/c1-9-7-4-2-6(8)3-5-7/h2-5H,1H3. The minimum Gasteiger partial charge on any atom is -0.804 e. The summed E-state index contributed by atoms with van der Waals surface area (Å²) < 4.78 is 0. The minimum atomic E-state index is 0.327. The third-order valence-corrected chi connectivity index (χ3v) is 1.82. The van der Waals surface area contributed by atoms with Gasteiger partial charge < -0.3 is 5.41 Å². The molecule has 1 aliphatic rings. The van der Waals surface area contributed by atoms with Gasteiger partial charge in [0.25, 0.3) is 0 Å². The third kappa shape index (κ3) is 1.57. The molecule has 0 aliphatic heterocycles. The first-order chi connectivity index (χ1) is 4.33. The third-order valence-electron chi connectivity index (χ3n) is 1.07. The number of hydrogen-bond acceptors (Lipinski definition) is 0. The molecular weight excluding hydrogens is 130 g/mol. The van der Waals surface area contributed by atoms with Gasteiger partial charge in [0, 0.05) is 12.2 Å². The molecule has 0 aromatic carbocycles. The smallest absolute Gasteiger partial charge is 0.223 e. The fraction of sp³-hybridized carbons (Fsp3) is 0.143. The molecular formula is C7H7NS. The van der Waals surface area contributed by atoms with E-state index in [4.69, 9.17) is 5.41 Å². The molecule has 0 bridgehead atoms. The van der Waals surface area contributed by atoms with E-state index in [1.807, 2.05) is 18.4 Å². The lowest BCUT2D eigenvalue weighted by molar-refractivity contribution is 2.06. The second-order valence-electron chi connectivity index (χ2n) is 1.70. The molecule has 46 valence electrons. The Balaban J connectivity index is 2.82. The molecule has 0 spiro atoms. The highest BCUT2D eigenvalue weighted by Gasteiger charge is 1.98. The van der Waals surface area contributed by atoms with Crippen LogP contribution in [0.5, 0.6) is 0 Å². The van der Waals surface area contributed by atoms with Gasteiger partial charge in [-0.3, -0.25) is 0 Å². The summed E-state index contributed by atoms with van der Waals surface area (Å²) in [5.74, 6) is 0. The van der Waals surface area contributed by atoms with Gasteiger partial charge in [0.2, 0.25) is 4.86 Å². The topological polar surface area (TPSA) is 22.3 Å². The van der Waals surface area contributed by atoms with Crippen LogP contribution in [0.3, 0.4) is 0 Å². The van der Waals surface area contributed by atoms with Crippen molar-refractivity contribution in [2.24, 2.45) is 0 Å². The van der Waals surface area contributed by atoms with Gasteiger partial charge in [-0.15, -0.1) is 0 Å². The molecule has 0 atom stereocenters. The van der Waals surface area contributed by atoms with Crippen molar-refractivity contribution in [2.45, 2.75) is 0 Å². The Bertz CT molecular complexity index is 193. The first-order valence-electron chi connectivity index (χ1n) is 2.66. The van der Waals surface area contributed by atoms with Crippen molar-refractivity contribution in [2.75, 3.05) is 6.26 Å². The molecule has 0 saturated heterocycles. The predicted octanol–water partition coefficient (Wildman–Crippen LogP) is 1.01. The molecule has 0 aromatic rings.